The normalized spacial score (nSPS) is 14.7. The van der Waals surface area contributed by atoms with Crippen LogP contribution < -0.4 is 4.31 Å². The summed E-state index contributed by atoms with van der Waals surface area (Å²) < 4.78 is 53.0. The van der Waals surface area contributed by atoms with Crippen molar-refractivity contribution >= 4 is 37.5 Å². The van der Waals surface area contributed by atoms with Crippen LogP contribution in [0.25, 0.3) is 0 Å². The molecule has 0 bridgehead atoms. The van der Waals surface area contributed by atoms with E-state index in [0.29, 0.717) is 18.7 Å². The van der Waals surface area contributed by atoms with Gasteiger partial charge in [0.2, 0.25) is 10.0 Å². The molecule has 0 radical (unpaired) electrons. The maximum absolute atomic E-state index is 13.0. The second-order valence-corrected chi connectivity index (χ2v) is 11.0. The highest BCUT2D eigenvalue weighted by molar-refractivity contribution is 7.98. The quantitative estimate of drug-likeness (QED) is 0.705. The first kappa shape index (κ1) is 19.2. The van der Waals surface area contributed by atoms with E-state index < -0.39 is 20.0 Å². The lowest BCUT2D eigenvalue weighted by atomic mass is 10.2. The summed E-state index contributed by atoms with van der Waals surface area (Å²) in [6, 6.07) is 11.4. The SMILES string of the molecule is CSc1ccc(S(=O)(=O)N2CCc3cc(S(=O)(=O)N(C)C)ccc32)cc1. The van der Waals surface area contributed by atoms with Crippen molar-refractivity contribution in [3.63, 3.8) is 0 Å². The molecule has 0 unspecified atom stereocenters. The Morgan fingerprint density at radius 2 is 1.58 bits per heavy atom. The predicted octanol–water partition coefficient (Wildman–Crippen LogP) is 2.41. The van der Waals surface area contributed by atoms with Crippen LogP contribution in [0.4, 0.5) is 5.69 Å². The van der Waals surface area contributed by atoms with Crippen LogP contribution >= 0.6 is 11.8 Å². The number of thioether (sulfide) groups is 1. The van der Waals surface area contributed by atoms with Crippen LogP contribution in [0.5, 0.6) is 0 Å². The molecular formula is C17H20N2O4S3. The summed E-state index contributed by atoms with van der Waals surface area (Å²) in [5.41, 5.74) is 1.26. The predicted molar refractivity (Wildman–Crippen MR) is 104 cm³/mol. The highest BCUT2D eigenvalue weighted by atomic mass is 32.2. The van der Waals surface area contributed by atoms with E-state index in [-0.39, 0.29) is 9.79 Å². The van der Waals surface area contributed by atoms with E-state index in [2.05, 4.69) is 0 Å². The molecule has 140 valence electrons. The van der Waals surface area contributed by atoms with Crippen LogP contribution in [0.15, 0.2) is 57.2 Å². The van der Waals surface area contributed by atoms with E-state index in [9.17, 15) is 16.8 Å². The molecule has 26 heavy (non-hydrogen) atoms. The third-order valence-corrected chi connectivity index (χ3v) is 8.71. The summed E-state index contributed by atoms with van der Waals surface area (Å²) >= 11 is 1.55. The van der Waals surface area contributed by atoms with E-state index in [1.807, 2.05) is 6.26 Å². The molecule has 9 heteroatoms. The molecule has 1 heterocycles. The molecule has 0 amide bonds. The van der Waals surface area contributed by atoms with Crippen LogP contribution in [0.1, 0.15) is 5.56 Å². The number of benzene rings is 2. The van der Waals surface area contributed by atoms with Crippen molar-refractivity contribution in [3.8, 4) is 0 Å². The van der Waals surface area contributed by atoms with Crippen LogP contribution in [0, 0.1) is 0 Å². The number of anilines is 1. The van der Waals surface area contributed by atoms with Gasteiger partial charge in [0.25, 0.3) is 10.0 Å². The maximum atomic E-state index is 13.0. The summed E-state index contributed by atoms with van der Waals surface area (Å²) in [6.45, 7) is 0.299. The van der Waals surface area contributed by atoms with Crippen LogP contribution in [0.2, 0.25) is 0 Å². The molecule has 0 atom stereocenters. The molecule has 0 saturated carbocycles. The number of hydrogen-bond donors (Lipinski definition) is 0. The first-order valence-corrected chi connectivity index (χ1v) is 12.0. The second kappa shape index (κ2) is 6.88. The number of hydrogen-bond acceptors (Lipinski definition) is 5. The lowest BCUT2D eigenvalue weighted by molar-refractivity contribution is 0.520. The van der Waals surface area contributed by atoms with E-state index >= 15 is 0 Å². The van der Waals surface area contributed by atoms with Gasteiger partial charge >= 0.3 is 0 Å². The van der Waals surface area contributed by atoms with Gasteiger partial charge in [0.1, 0.15) is 0 Å². The summed E-state index contributed by atoms with van der Waals surface area (Å²) in [6.07, 6.45) is 2.41. The minimum Gasteiger partial charge on any atom is -0.266 e. The molecular weight excluding hydrogens is 392 g/mol. The Labute approximate surface area is 158 Å². The molecule has 2 aromatic carbocycles. The Bertz CT molecular complexity index is 1030. The van der Waals surface area contributed by atoms with Gasteiger partial charge in [-0.3, -0.25) is 4.31 Å². The van der Waals surface area contributed by atoms with Crippen molar-refractivity contribution in [1.29, 1.82) is 0 Å². The van der Waals surface area contributed by atoms with Crippen molar-refractivity contribution in [2.75, 3.05) is 31.2 Å². The lowest BCUT2D eigenvalue weighted by Crippen LogP contribution is -2.29. The number of nitrogens with zero attached hydrogens (tertiary/aromatic N) is 2. The van der Waals surface area contributed by atoms with Crippen LogP contribution in [0.3, 0.4) is 0 Å². The van der Waals surface area contributed by atoms with Gasteiger partial charge in [-0.2, -0.15) is 0 Å². The molecule has 3 rings (SSSR count). The maximum Gasteiger partial charge on any atom is 0.264 e. The number of fused-ring (bicyclic) bond motifs is 1. The smallest absolute Gasteiger partial charge is 0.264 e. The molecule has 0 N–H and O–H groups in total. The molecule has 1 aliphatic rings. The molecule has 0 spiro atoms. The molecule has 2 aromatic rings. The number of rotatable bonds is 5. The van der Waals surface area contributed by atoms with Gasteiger partial charge < -0.3 is 0 Å². The molecule has 6 nitrogen and oxygen atoms in total. The average molecular weight is 413 g/mol. The fourth-order valence-corrected chi connectivity index (χ4v) is 5.71. The van der Waals surface area contributed by atoms with Gasteiger partial charge in [-0.1, -0.05) is 0 Å². The van der Waals surface area contributed by atoms with Gasteiger partial charge in [0.15, 0.2) is 0 Å². The largest absolute Gasteiger partial charge is 0.266 e. The van der Waals surface area contributed by atoms with E-state index in [4.69, 9.17) is 0 Å². The van der Waals surface area contributed by atoms with Crippen molar-refractivity contribution in [3.05, 3.63) is 48.0 Å². The number of sulfonamides is 2. The second-order valence-electron chi connectivity index (χ2n) is 6.08. The summed E-state index contributed by atoms with van der Waals surface area (Å²) in [5.74, 6) is 0. The van der Waals surface area contributed by atoms with Crippen molar-refractivity contribution < 1.29 is 16.8 Å². The Morgan fingerprint density at radius 3 is 2.15 bits per heavy atom. The van der Waals surface area contributed by atoms with Gasteiger partial charge in [-0.05, 0) is 60.7 Å². The van der Waals surface area contributed by atoms with Crippen molar-refractivity contribution in [2.24, 2.45) is 0 Å². The highest BCUT2D eigenvalue weighted by Gasteiger charge is 2.32. The molecule has 1 aliphatic heterocycles. The summed E-state index contributed by atoms with van der Waals surface area (Å²) in [4.78, 5) is 1.39. The van der Waals surface area contributed by atoms with Crippen LogP contribution in [-0.2, 0) is 26.5 Å². The topological polar surface area (TPSA) is 74.8 Å². The van der Waals surface area contributed by atoms with E-state index in [1.165, 1.54) is 24.5 Å². The van der Waals surface area contributed by atoms with E-state index in [0.717, 1.165) is 14.8 Å². The lowest BCUT2D eigenvalue weighted by Gasteiger charge is -2.20. The zero-order valence-electron chi connectivity index (χ0n) is 14.7. The van der Waals surface area contributed by atoms with Gasteiger partial charge in [0, 0.05) is 25.5 Å². The third-order valence-electron chi connectivity index (χ3n) is 4.33. The fourth-order valence-electron chi connectivity index (χ4n) is 2.84. The minimum absolute atomic E-state index is 0.171. The zero-order chi connectivity index (χ0) is 19.1. The van der Waals surface area contributed by atoms with Gasteiger partial charge in [-0.15, -0.1) is 11.8 Å². The van der Waals surface area contributed by atoms with Gasteiger partial charge in [-0.25, -0.2) is 21.1 Å². The average Bonchev–Trinajstić information content (AvgIpc) is 3.05. The third kappa shape index (κ3) is 3.24. The first-order chi connectivity index (χ1) is 12.2. The molecule has 0 aromatic heterocycles. The van der Waals surface area contributed by atoms with Crippen LogP contribution in [-0.4, -0.2) is 48.0 Å². The summed E-state index contributed by atoms with van der Waals surface area (Å²) in [7, 11) is -4.29. The fraction of sp³-hybridized carbons (Fsp3) is 0.294. The van der Waals surface area contributed by atoms with Crippen molar-refractivity contribution in [2.45, 2.75) is 21.1 Å². The highest BCUT2D eigenvalue weighted by Crippen LogP contribution is 2.35. The Kier molecular flexibility index (Phi) is 5.08. The monoisotopic (exact) mass is 412 g/mol. The summed E-state index contributed by atoms with van der Waals surface area (Å²) in [5, 5.41) is 0. The Morgan fingerprint density at radius 1 is 0.962 bits per heavy atom. The molecule has 0 fully saturated rings. The van der Waals surface area contributed by atoms with E-state index in [1.54, 1.807) is 48.2 Å². The minimum atomic E-state index is -3.68. The zero-order valence-corrected chi connectivity index (χ0v) is 17.2. The Hall–Kier alpha value is -1.55. The standard InChI is InChI=1S/C17H20N2O4S3/c1-18(2)25(20,21)16-8-9-17-13(12-16)10-11-19(17)26(22,23)15-6-4-14(24-3)5-7-15/h4-9,12H,10-11H2,1-3H3. The Balaban J connectivity index is 1.99. The first-order valence-electron chi connectivity index (χ1n) is 7.90. The molecule has 0 saturated heterocycles. The van der Waals surface area contributed by atoms with Crippen molar-refractivity contribution in [1.82, 2.24) is 4.31 Å². The molecule has 0 aliphatic carbocycles. The van der Waals surface area contributed by atoms with Gasteiger partial charge in [0.05, 0.1) is 15.5 Å².